The largest absolute Gasteiger partial charge is 0.416 e. The molecule has 3 aromatic rings. The molecule has 0 saturated heterocycles. The van der Waals surface area contributed by atoms with Crippen molar-refractivity contribution in [3.63, 3.8) is 0 Å². The Bertz CT molecular complexity index is 1170. The van der Waals surface area contributed by atoms with Gasteiger partial charge in [0.25, 0.3) is 0 Å². The van der Waals surface area contributed by atoms with Gasteiger partial charge >= 0.3 is 6.18 Å². The molecule has 0 spiro atoms. The Balaban J connectivity index is 2.20. The van der Waals surface area contributed by atoms with Crippen LogP contribution in [-0.4, -0.2) is 17.4 Å². The highest BCUT2D eigenvalue weighted by Gasteiger charge is 2.39. The van der Waals surface area contributed by atoms with Crippen LogP contribution in [0.4, 0.5) is 18.9 Å². The van der Waals surface area contributed by atoms with Gasteiger partial charge in [-0.1, -0.05) is 52.1 Å². The topological polar surface area (TPSA) is 57.2 Å². The second-order valence-electron chi connectivity index (χ2n) is 8.84. The molecule has 4 nitrogen and oxygen atoms in total. The fraction of sp³-hybridized carbons (Fsp3) is 0.333. The van der Waals surface area contributed by atoms with Crippen molar-refractivity contribution in [1.29, 1.82) is 0 Å². The zero-order chi connectivity index (χ0) is 22.4. The maximum Gasteiger partial charge on any atom is 0.416 e. The van der Waals surface area contributed by atoms with Crippen molar-refractivity contribution in [2.24, 2.45) is 4.36 Å². The van der Waals surface area contributed by atoms with E-state index in [2.05, 4.69) is 34.5 Å². The van der Waals surface area contributed by atoms with Gasteiger partial charge in [-0.15, -0.1) is 0 Å². The first-order valence-corrected chi connectivity index (χ1v) is 14.0. The lowest BCUT2D eigenvalue weighted by atomic mass is 10.2. The number of nitrogens with zero attached hydrogens (tertiary/aromatic N) is 1. The molecule has 0 fully saturated rings. The molecule has 1 atom stereocenters. The number of aromatic nitrogens is 1. The number of aromatic amines is 1. The Morgan fingerprint density at radius 3 is 2.17 bits per heavy atom. The molecule has 30 heavy (non-hydrogen) atoms. The van der Waals surface area contributed by atoms with Gasteiger partial charge in [0.05, 0.1) is 16.1 Å². The summed E-state index contributed by atoms with van der Waals surface area (Å²) < 4.78 is 61.1. The standard InChI is InChI=1S/C21H26F3N3OSSi/c1-20(2,3)30(4,5)27-29(28,16-12-10-15(11-13-16)21(22,23)24)26-19-14-25-18-9-7-6-8-17(18)19/h6-14,25H,1-5H3,(H,26,27,28). The monoisotopic (exact) mass is 453 g/mol. The lowest BCUT2D eigenvalue weighted by Crippen LogP contribution is -2.54. The number of H-pyrrole nitrogens is 1. The van der Waals surface area contributed by atoms with Crippen LogP contribution in [0, 0.1) is 0 Å². The van der Waals surface area contributed by atoms with Crippen molar-refractivity contribution in [3.8, 4) is 0 Å². The third kappa shape index (κ3) is 4.47. The molecule has 0 saturated carbocycles. The maximum absolute atomic E-state index is 14.2. The Hall–Kier alpha value is -2.10. The van der Waals surface area contributed by atoms with Crippen LogP contribution in [0.5, 0.6) is 0 Å². The van der Waals surface area contributed by atoms with E-state index in [0.29, 0.717) is 5.69 Å². The Labute approximate surface area is 176 Å². The summed E-state index contributed by atoms with van der Waals surface area (Å²) in [7, 11) is -5.56. The van der Waals surface area contributed by atoms with E-state index in [1.54, 1.807) is 6.20 Å². The minimum atomic E-state index is -4.46. The molecule has 2 N–H and O–H groups in total. The first-order valence-electron chi connectivity index (χ1n) is 9.52. The fourth-order valence-corrected chi connectivity index (χ4v) is 8.42. The first-order chi connectivity index (χ1) is 13.7. The molecule has 162 valence electrons. The third-order valence-corrected chi connectivity index (χ3v) is 13.8. The maximum atomic E-state index is 14.2. The van der Waals surface area contributed by atoms with Crippen LogP contribution in [-0.2, 0) is 16.1 Å². The average Bonchev–Trinajstić information content (AvgIpc) is 3.02. The summed E-state index contributed by atoms with van der Waals surface area (Å²) >= 11 is 0. The van der Waals surface area contributed by atoms with Crippen LogP contribution < -0.4 is 4.39 Å². The molecule has 0 amide bonds. The number of benzene rings is 2. The fourth-order valence-electron chi connectivity index (χ4n) is 2.73. The highest BCUT2D eigenvalue weighted by Crippen LogP contribution is 2.37. The highest BCUT2D eigenvalue weighted by molar-refractivity contribution is 7.93. The zero-order valence-electron chi connectivity index (χ0n) is 17.6. The molecule has 0 bridgehead atoms. The van der Waals surface area contributed by atoms with E-state index < -0.39 is 29.9 Å². The second-order valence-corrected chi connectivity index (χ2v) is 16.1. The number of alkyl halides is 3. The molecule has 9 heteroatoms. The van der Waals surface area contributed by atoms with Gasteiger partial charge in [-0.25, -0.2) is 8.60 Å². The average molecular weight is 454 g/mol. The normalized spacial score (nSPS) is 15.2. The molecule has 2 aromatic carbocycles. The molecule has 0 aliphatic heterocycles. The van der Waals surface area contributed by atoms with Gasteiger partial charge in [0.15, 0.2) is 0 Å². The van der Waals surface area contributed by atoms with Crippen molar-refractivity contribution in [1.82, 2.24) is 9.37 Å². The van der Waals surface area contributed by atoms with Gasteiger partial charge in [0.2, 0.25) is 0 Å². The Morgan fingerprint density at radius 2 is 1.60 bits per heavy atom. The van der Waals surface area contributed by atoms with E-state index >= 15 is 0 Å². The van der Waals surface area contributed by atoms with Gasteiger partial charge in [-0.2, -0.15) is 17.5 Å². The SMILES string of the molecule is CC(C)(C)[Si](C)(C)NS(=O)(=Nc1c[nH]c2ccccc12)c1ccc(C(F)(F)F)cc1. The number of nitrogens with one attached hydrogen (secondary N) is 2. The predicted molar refractivity (Wildman–Crippen MR) is 119 cm³/mol. The number of hydrogen-bond acceptors (Lipinski definition) is 2. The van der Waals surface area contributed by atoms with Crippen molar-refractivity contribution >= 4 is 34.7 Å². The highest BCUT2D eigenvalue weighted by atomic mass is 32.2. The number of rotatable bonds is 4. The van der Waals surface area contributed by atoms with Gasteiger partial charge in [0.1, 0.15) is 18.2 Å². The first kappa shape index (κ1) is 22.6. The Morgan fingerprint density at radius 1 is 1.00 bits per heavy atom. The molecule has 0 aliphatic rings. The van der Waals surface area contributed by atoms with Crippen LogP contribution in [0.3, 0.4) is 0 Å². The number of para-hydroxylation sites is 1. The van der Waals surface area contributed by atoms with Crippen LogP contribution in [0.2, 0.25) is 18.1 Å². The molecule has 0 aliphatic carbocycles. The van der Waals surface area contributed by atoms with E-state index in [-0.39, 0.29) is 9.93 Å². The van der Waals surface area contributed by atoms with Gasteiger partial charge in [-0.3, -0.25) is 0 Å². The molecule has 1 aromatic heterocycles. The van der Waals surface area contributed by atoms with E-state index in [1.165, 1.54) is 12.1 Å². The minimum absolute atomic E-state index is 0.155. The number of halogens is 3. The van der Waals surface area contributed by atoms with Crippen LogP contribution >= 0.6 is 0 Å². The summed E-state index contributed by atoms with van der Waals surface area (Å²) in [4.78, 5) is 3.33. The van der Waals surface area contributed by atoms with E-state index in [1.807, 2.05) is 37.4 Å². The van der Waals surface area contributed by atoms with Crippen molar-refractivity contribution in [2.75, 3.05) is 0 Å². The van der Waals surface area contributed by atoms with Crippen LogP contribution in [0.1, 0.15) is 26.3 Å². The Kier molecular flexibility index (Phi) is 5.68. The smallest absolute Gasteiger partial charge is 0.359 e. The quantitative estimate of drug-likeness (QED) is 0.417. The second kappa shape index (κ2) is 7.54. The summed E-state index contributed by atoms with van der Waals surface area (Å²) in [5, 5.41) is 0.645. The number of fused-ring (bicyclic) bond motifs is 1. The minimum Gasteiger partial charge on any atom is -0.359 e. The lowest BCUT2D eigenvalue weighted by Gasteiger charge is -2.38. The summed E-state index contributed by atoms with van der Waals surface area (Å²) in [5.74, 6) is 0. The molecular formula is C21H26F3N3OSSi. The van der Waals surface area contributed by atoms with E-state index in [0.717, 1.165) is 23.0 Å². The molecule has 1 unspecified atom stereocenters. The summed E-state index contributed by atoms with van der Waals surface area (Å²) in [6.45, 7) is 10.3. The molecule has 1 heterocycles. The summed E-state index contributed by atoms with van der Waals surface area (Å²) in [6, 6.07) is 11.9. The van der Waals surface area contributed by atoms with Gasteiger partial charge in [-0.05, 0) is 35.4 Å². The van der Waals surface area contributed by atoms with Crippen molar-refractivity contribution < 1.29 is 17.4 Å². The van der Waals surface area contributed by atoms with Gasteiger partial charge < -0.3 is 4.98 Å². The van der Waals surface area contributed by atoms with Crippen LogP contribution in [0.15, 0.2) is 64.0 Å². The van der Waals surface area contributed by atoms with Gasteiger partial charge in [0, 0.05) is 17.1 Å². The number of hydrogen-bond donors (Lipinski definition) is 2. The lowest BCUT2D eigenvalue weighted by molar-refractivity contribution is -0.137. The van der Waals surface area contributed by atoms with Crippen molar-refractivity contribution in [2.45, 2.75) is 50.0 Å². The molecular weight excluding hydrogens is 427 g/mol. The van der Waals surface area contributed by atoms with Crippen molar-refractivity contribution in [3.05, 3.63) is 60.3 Å². The van der Waals surface area contributed by atoms with Crippen LogP contribution in [0.25, 0.3) is 10.9 Å². The summed E-state index contributed by atoms with van der Waals surface area (Å²) in [5.41, 5.74) is 0.562. The molecule has 3 rings (SSSR count). The predicted octanol–water partition coefficient (Wildman–Crippen LogP) is 6.86. The zero-order valence-corrected chi connectivity index (χ0v) is 19.4. The van der Waals surface area contributed by atoms with E-state index in [4.69, 9.17) is 0 Å². The third-order valence-electron chi connectivity index (χ3n) is 5.56. The molecule has 0 radical (unpaired) electrons. The summed E-state index contributed by atoms with van der Waals surface area (Å²) in [6.07, 6.45) is -2.79. The van der Waals surface area contributed by atoms with E-state index in [9.17, 15) is 17.4 Å².